The van der Waals surface area contributed by atoms with Crippen LogP contribution in [0, 0.1) is 11.8 Å². The summed E-state index contributed by atoms with van der Waals surface area (Å²) in [7, 11) is -3.26. The number of amides is 1. The Labute approximate surface area is 142 Å². The molecule has 1 N–H and O–H groups in total. The van der Waals surface area contributed by atoms with Crippen LogP contribution in [-0.2, 0) is 26.1 Å². The number of hydrogen-bond donors (Lipinski definition) is 1. The lowest BCUT2D eigenvalue weighted by Crippen LogP contribution is -2.14. The number of sulfone groups is 1. The van der Waals surface area contributed by atoms with Gasteiger partial charge in [-0.1, -0.05) is 49.4 Å². The number of nitrogens with one attached hydrogen (secondary N) is 1. The second-order valence-corrected chi connectivity index (χ2v) is 8.59. The summed E-state index contributed by atoms with van der Waals surface area (Å²) in [6.07, 6.45) is 0.928. The van der Waals surface area contributed by atoms with Gasteiger partial charge in [-0.2, -0.15) is 0 Å². The lowest BCUT2D eigenvalue weighted by atomic mass is 10.2. The first-order valence-electron chi connectivity index (χ1n) is 8.07. The number of carbonyl (C=O) groups is 1. The summed E-state index contributed by atoms with van der Waals surface area (Å²) in [4.78, 5) is 12.0. The van der Waals surface area contributed by atoms with E-state index in [1.165, 1.54) is 0 Å². The fraction of sp³-hybridized carbons (Fsp3) is 0.316. The Morgan fingerprint density at radius 3 is 2.33 bits per heavy atom. The predicted molar refractivity (Wildman–Crippen MR) is 95.1 cm³/mol. The van der Waals surface area contributed by atoms with Gasteiger partial charge in [0.25, 0.3) is 0 Å². The molecule has 0 aromatic heterocycles. The molecule has 0 saturated heterocycles. The van der Waals surface area contributed by atoms with Crippen LogP contribution in [0.4, 0.5) is 5.69 Å². The van der Waals surface area contributed by atoms with Crippen molar-refractivity contribution in [2.45, 2.75) is 24.9 Å². The predicted octanol–water partition coefficient (Wildman–Crippen LogP) is 3.40. The zero-order valence-corrected chi connectivity index (χ0v) is 14.4. The summed E-state index contributed by atoms with van der Waals surface area (Å²) < 4.78 is 24.8. The summed E-state index contributed by atoms with van der Waals surface area (Å²) in [5, 5.41) is 2.88. The van der Waals surface area contributed by atoms with E-state index in [2.05, 4.69) is 12.2 Å². The summed E-state index contributed by atoms with van der Waals surface area (Å²) in [5.41, 5.74) is 2.13. The van der Waals surface area contributed by atoms with Crippen LogP contribution in [0.1, 0.15) is 24.5 Å². The van der Waals surface area contributed by atoms with Crippen molar-refractivity contribution in [2.24, 2.45) is 11.8 Å². The first kappa shape index (κ1) is 16.7. The number of benzene rings is 2. The van der Waals surface area contributed by atoms with E-state index in [9.17, 15) is 13.2 Å². The van der Waals surface area contributed by atoms with Crippen molar-refractivity contribution in [1.82, 2.24) is 0 Å². The Hall–Kier alpha value is -2.14. The Kier molecular flexibility index (Phi) is 4.71. The number of hydrogen-bond acceptors (Lipinski definition) is 3. The minimum atomic E-state index is -3.26. The third kappa shape index (κ3) is 4.45. The van der Waals surface area contributed by atoms with Crippen molar-refractivity contribution in [1.29, 1.82) is 0 Å². The normalized spacial score (nSPS) is 19.7. The molecule has 0 spiro atoms. The summed E-state index contributed by atoms with van der Waals surface area (Å²) in [6, 6.07) is 16.2. The molecule has 0 bridgehead atoms. The molecule has 2 atom stereocenters. The maximum absolute atomic E-state index is 12.4. The average molecular weight is 343 g/mol. The van der Waals surface area contributed by atoms with Gasteiger partial charge in [-0.3, -0.25) is 4.79 Å². The zero-order valence-electron chi connectivity index (χ0n) is 13.6. The topological polar surface area (TPSA) is 63.2 Å². The quantitative estimate of drug-likeness (QED) is 0.874. The number of anilines is 1. The molecule has 0 heterocycles. The molecule has 5 heteroatoms. The maximum Gasteiger partial charge on any atom is 0.227 e. The molecule has 2 aromatic rings. The third-order valence-electron chi connectivity index (χ3n) is 4.26. The molecule has 0 radical (unpaired) electrons. The standard InChI is InChI=1S/C19H21NO3S/c1-14-10-18(14)19(21)20-17-9-5-8-16(11-17)13-24(22,23)12-15-6-3-2-4-7-15/h2-9,11,14,18H,10,12-13H2,1H3,(H,20,21)/t14-,18+/m1/s1. The van der Waals surface area contributed by atoms with E-state index < -0.39 is 9.84 Å². The van der Waals surface area contributed by atoms with Gasteiger partial charge < -0.3 is 5.32 Å². The van der Waals surface area contributed by atoms with E-state index in [1.807, 2.05) is 30.3 Å². The largest absolute Gasteiger partial charge is 0.326 e. The van der Waals surface area contributed by atoms with Crippen molar-refractivity contribution in [3.05, 3.63) is 65.7 Å². The van der Waals surface area contributed by atoms with E-state index in [0.29, 0.717) is 17.2 Å². The van der Waals surface area contributed by atoms with Gasteiger partial charge in [0, 0.05) is 11.6 Å². The van der Waals surface area contributed by atoms with E-state index >= 15 is 0 Å². The fourth-order valence-electron chi connectivity index (χ4n) is 2.79. The van der Waals surface area contributed by atoms with Gasteiger partial charge in [-0.15, -0.1) is 0 Å². The number of carbonyl (C=O) groups excluding carboxylic acids is 1. The van der Waals surface area contributed by atoms with Gasteiger partial charge in [-0.05, 0) is 35.6 Å². The summed E-state index contributed by atoms with van der Waals surface area (Å²) in [5.74, 6) is 0.539. The van der Waals surface area contributed by atoms with E-state index in [4.69, 9.17) is 0 Å². The second-order valence-electron chi connectivity index (χ2n) is 6.53. The van der Waals surface area contributed by atoms with Crippen molar-refractivity contribution in [2.75, 3.05) is 5.32 Å². The van der Waals surface area contributed by atoms with Crippen LogP contribution in [0.25, 0.3) is 0 Å². The van der Waals surface area contributed by atoms with Crippen LogP contribution in [0.2, 0.25) is 0 Å². The molecule has 126 valence electrons. The highest BCUT2D eigenvalue weighted by Gasteiger charge is 2.39. The van der Waals surface area contributed by atoms with Crippen LogP contribution >= 0.6 is 0 Å². The molecule has 0 aliphatic heterocycles. The minimum absolute atomic E-state index is 0.0179. The molecule has 1 fully saturated rings. The lowest BCUT2D eigenvalue weighted by Gasteiger charge is -2.08. The number of rotatable bonds is 6. The minimum Gasteiger partial charge on any atom is -0.326 e. The van der Waals surface area contributed by atoms with Gasteiger partial charge in [0.1, 0.15) is 0 Å². The van der Waals surface area contributed by atoms with E-state index in [-0.39, 0.29) is 23.3 Å². The van der Waals surface area contributed by atoms with Crippen molar-refractivity contribution >= 4 is 21.4 Å². The second kappa shape index (κ2) is 6.77. The smallest absolute Gasteiger partial charge is 0.227 e. The lowest BCUT2D eigenvalue weighted by molar-refractivity contribution is -0.117. The molecule has 1 aliphatic carbocycles. The van der Waals surface area contributed by atoms with E-state index in [0.717, 1.165) is 12.0 Å². The van der Waals surface area contributed by atoms with Gasteiger partial charge in [-0.25, -0.2) is 8.42 Å². The molecule has 2 aromatic carbocycles. The molecular formula is C19H21NO3S. The highest BCUT2D eigenvalue weighted by Crippen LogP contribution is 2.38. The molecule has 0 unspecified atom stereocenters. The monoisotopic (exact) mass is 343 g/mol. The molecular weight excluding hydrogens is 322 g/mol. The molecule has 1 amide bonds. The van der Waals surface area contributed by atoms with E-state index in [1.54, 1.807) is 24.3 Å². The van der Waals surface area contributed by atoms with Crippen LogP contribution < -0.4 is 5.32 Å². The molecule has 3 rings (SSSR count). The van der Waals surface area contributed by atoms with Crippen LogP contribution in [0.5, 0.6) is 0 Å². The third-order valence-corrected chi connectivity index (χ3v) is 5.80. The first-order chi connectivity index (χ1) is 11.4. The highest BCUT2D eigenvalue weighted by atomic mass is 32.2. The first-order valence-corrected chi connectivity index (χ1v) is 9.89. The van der Waals surface area contributed by atoms with Crippen LogP contribution in [0.15, 0.2) is 54.6 Å². The highest BCUT2D eigenvalue weighted by molar-refractivity contribution is 7.89. The molecule has 4 nitrogen and oxygen atoms in total. The Balaban J connectivity index is 1.66. The van der Waals surface area contributed by atoms with Gasteiger partial charge in [0.15, 0.2) is 9.84 Å². The summed E-state index contributed by atoms with van der Waals surface area (Å²) >= 11 is 0. The van der Waals surface area contributed by atoms with Gasteiger partial charge >= 0.3 is 0 Å². The van der Waals surface area contributed by atoms with Crippen LogP contribution in [-0.4, -0.2) is 14.3 Å². The Bertz CT molecular complexity index is 831. The van der Waals surface area contributed by atoms with Crippen LogP contribution in [0.3, 0.4) is 0 Å². The molecule has 1 aliphatic rings. The average Bonchev–Trinajstić information content (AvgIpc) is 3.25. The Morgan fingerprint density at radius 1 is 1.04 bits per heavy atom. The molecule has 24 heavy (non-hydrogen) atoms. The van der Waals surface area contributed by atoms with Crippen molar-refractivity contribution in [3.8, 4) is 0 Å². The molecule has 1 saturated carbocycles. The SMILES string of the molecule is C[C@@H]1C[C@@H]1C(=O)Nc1cccc(CS(=O)(=O)Cc2ccccc2)c1. The van der Waals surface area contributed by atoms with Crippen molar-refractivity contribution < 1.29 is 13.2 Å². The van der Waals surface area contributed by atoms with Crippen molar-refractivity contribution in [3.63, 3.8) is 0 Å². The maximum atomic E-state index is 12.4. The van der Waals surface area contributed by atoms with Gasteiger partial charge in [0.05, 0.1) is 11.5 Å². The Morgan fingerprint density at radius 2 is 1.67 bits per heavy atom. The van der Waals surface area contributed by atoms with Gasteiger partial charge in [0.2, 0.25) is 5.91 Å². The summed E-state index contributed by atoms with van der Waals surface area (Å²) in [6.45, 7) is 2.05. The fourth-order valence-corrected chi connectivity index (χ4v) is 4.28. The zero-order chi connectivity index (χ0) is 17.2.